The van der Waals surface area contributed by atoms with Gasteiger partial charge in [0.15, 0.2) is 4.67 Å². The van der Waals surface area contributed by atoms with E-state index in [2.05, 4.69) is 20.8 Å². The van der Waals surface area contributed by atoms with E-state index in [9.17, 15) is 0 Å². The molecular weight excluding hydrogens is 280 g/mol. The fourth-order valence-corrected chi connectivity index (χ4v) is 2.86. The molecule has 0 bridgehead atoms. The van der Waals surface area contributed by atoms with Crippen LogP contribution in [0.2, 0.25) is 0 Å². The van der Waals surface area contributed by atoms with Crippen LogP contribution in [0, 0.1) is 0 Å². The van der Waals surface area contributed by atoms with Crippen molar-refractivity contribution in [2.24, 2.45) is 5.73 Å². The molecule has 1 saturated heterocycles. The standard InChI is InChI=1S/C13H21BrN2O/c14-13-7-6-12(17-13)11(10-15)16-8-4-2-1-3-5-9-16/h6-7,11H,1-5,8-10,15H2. The lowest BCUT2D eigenvalue weighted by atomic mass is 10.1. The van der Waals surface area contributed by atoms with Gasteiger partial charge in [0.05, 0.1) is 6.04 Å². The molecule has 1 aromatic heterocycles. The molecule has 1 aromatic rings. The highest BCUT2D eigenvalue weighted by Crippen LogP contribution is 2.26. The van der Waals surface area contributed by atoms with Gasteiger partial charge in [0.2, 0.25) is 0 Å². The summed E-state index contributed by atoms with van der Waals surface area (Å²) in [6.07, 6.45) is 6.62. The van der Waals surface area contributed by atoms with Gasteiger partial charge in [-0.2, -0.15) is 0 Å². The molecule has 2 heterocycles. The maximum Gasteiger partial charge on any atom is 0.169 e. The smallest absolute Gasteiger partial charge is 0.169 e. The van der Waals surface area contributed by atoms with Gasteiger partial charge in [0, 0.05) is 6.54 Å². The first-order chi connectivity index (χ1) is 8.31. The van der Waals surface area contributed by atoms with Crippen molar-refractivity contribution in [3.8, 4) is 0 Å². The van der Waals surface area contributed by atoms with Crippen LogP contribution < -0.4 is 5.73 Å². The summed E-state index contributed by atoms with van der Waals surface area (Å²) in [4.78, 5) is 2.48. The van der Waals surface area contributed by atoms with E-state index in [0.717, 1.165) is 23.5 Å². The van der Waals surface area contributed by atoms with Gasteiger partial charge in [0.1, 0.15) is 5.76 Å². The minimum Gasteiger partial charge on any atom is -0.453 e. The molecule has 0 amide bonds. The fraction of sp³-hybridized carbons (Fsp3) is 0.692. The number of nitrogens with zero attached hydrogens (tertiary/aromatic N) is 1. The molecule has 1 aliphatic heterocycles. The third kappa shape index (κ3) is 3.57. The molecule has 17 heavy (non-hydrogen) atoms. The third-order valence-electron chi connectivity index (χ3n) is 3.48. The third-order valence-corrected chi connectivity index (χ3v) is 3.90. The molecule has 0 spiro atoms. The van der Waals surface area contributed by atoms with Crippen LogP contribution in [0.1, 0.15) is 43.9 Å². The SMILES string of the molecule is NCC(c1ccc(Br)o1)N1CCCCCCC1. The van der Waals surface area contributed by atoms with Crippen molar-refractivity contribution in [2.45, 2.75) is 38.1 Å². The molecule has 0 aromatic carbocycles. The Morgan fingerprint density at radius 2 is 1.82 bits per heavy atom. The maximum atomic E-state index is 5.92. The number of hydrogen-bond acceptors (Lipinski definition) is 3. The predicted molar refractivity (Wildman–Crippen MR) is 72.9 cm³/mol. The number of likely N-dealkylation sites (tertiary alicyclic amines) is 1. The topological polar surface area (TPSA) is 42.4 Å². The largest absolute Gasteiger partial charge is 0.453 e. The van der Waals surface area contributed by atoms with Crippen molar-refractivity contribution < 1.29 is 4.42 Å². The van der Waals surface area contributed by atoms with Gasteiger partial charge in [-0.1, -0.05) is 19.3 Å². The molecule has 2 rings (SSSR count). The number of nitrogens with two attached hydrogens (primary N) is 1. The Bertz CT molecular complexity index is 332. The average molecular weight is 301 g/mol. The lowest BCUT2D eigenvalue weighted by Crippen LogP contribution is -2.35. The van der Waals surface area contributed by atoms with Crippen LogP contribution in [0.3, 0.4) is 0 Å². The zero-order chi connectivity index (χ0) is 12.1. The van der Waals surface area contributed by atoms with E-state index in [1.807, 2.05) is 12.1 Å². The van der Waals surface area contributed by atoms with Crippen molar-refractivity contribution in [1.29, 1.82) is 0 Å². The monoisotopic (exact) mass is 300 g/mol. The molecule has 1 fully saturated rings. The van der Waals surface area contributed by atoms with Gasteiger partial charge in [0.25, 0.3) is 0 Å². The van der Waals surface area contributed by atoms with Crippen molar-refractivity contribution >= 4 is 15.9 Å². The first-order valence-electron chi connectivity index (χ1n) is 6.50. The number of rotatable bonds is 3. The average Bonchev–Trinajstić information content (AvgIpc) is 2.68. The summed E-state index contributed by atoms with van der Waals surface area (Å²) in [5.74, 6) is 0.986. The van der Waals surface area contributed by atoms with Gasteiger partial charge in [-0.05, 0) is 54.0 Å². The Kier molecular flexibility index (Phi) is 5.07. The molecule has 1 unspecified atom stereocenters. The Balaban J connectivity index is 2.05. The van der Waals surface area contributed by atoms with Crippen LogP contribution in [-0.2, 0) is 0 Å². The molecule has 96 valence electrons. The molecule has 0 radical (unpaired) electrons. The second kappa shape index (κ2) is 6.57. The molecule has 2 N–H and O–H groups in total. The second-order valence-corrected chi connectivity index (χ2v) is 5.48. The van der Waals surface area contributed by atoms with E-state index in [0.29, 0.717) is 6.54 Å². The number of furan rings is 1. The minimum atomic E-state index is 0.236. The van der Waals surface area contributed by atoms with Gasteiger partial charge in [-0.15, -0.1) is 0 Å². The van der Waals surface area contributed by atoms with Crippen LogP contribution in [0.5, 0.6) is 0 Å². The van der Waals surface area contributed by atoms with Gasteiger partial charge >= 0.3 is 0 Å². The Labute approximate surface area is 111 Å². The summed E-state index contributed by atoms with van der Waals surface area (Å²) in [6, 6.07) is 4.21. The van der Waals surface area contributed by atoms with Crippen LogP contribution in [0.15, 0.2) is 21.2 Å². The fourth-order valence-electron chi connectivity index (χ4n) is 2.54. The normalized spacial score (nSPS) is 20.8. The maximum absolute atomic E-state index is 5.92. The van der Waals surface area contributed by atoms with Crippen LogP contribution in [0.25, 0.3) is 0 Å². The highest BCUT2D eigenvalue weighted by molar-refractivity contribution is 9.10. The summed E-state index contributed by atoms with van der Waals surface area (Å²) >= 11 is 3.36. The minimum absolute atomic E-state index is 0.236. The molecule has 3 nitrogen and oxygen atoms in total. The summed E-state index contributed by atoms with van der Waals surface area (Å²) in [7, 11) is 0. The molecule has 1 aliphatic rings. The summed E-state index contributed by atoms with van der Waals surface area (Å²) in [5, 5.41) is 0. The van der Waals surface area contributed by atoms with Crippen molar-refractivity contribution in [2.75, 3.05) is 19.6 Å². The first kappa shape index (κ1) is 13.1. The lowest BCUT2D eigenvalue weighted by Gasteiger charge is -2.30. The zero-order valence-electron chi connectivity index (χ0n) is 10.2. The Hall–Kier alpha value is -0.320. The summed E-state index contributed by atoms with van der Waals surface area (Å²) in [5.41, 5.74) is 5.92. The van der Waals surface area contributed by atoms with Crippen LogP contribution in [-0.4, -0.2) is 24.5 Å². The van der Waals surface area contributed by atoms with Gasteiger partial charge in [-0.25, -0.2) is 0 Å². The quantitative estimate of drug-likeness (QED) is 0.931. The van der Waals surface area contributed by atoms with Crippen molar-refractivity contribution in [3.63, 3.8) is 0 Å². The Morgan fingerprint density at radius 3 is 2.35 bits per heavy atom. The van der Waals surface area contributed by atoms with E-state index in [4.69, 9.17) is 10.2 Å². The summed E-state index contributed by atoms with van der Waals surface area (Å²) in [6.45, 7) is 2.90. The van der Waals surface area contributed by atoms with Crippen molar-refractivity contribution in [1.82, 2.24) is 4.90 Å². The molecule has 1 atom stereocenters. The molecule has 0 saturated carbocycles. The van der Waals surface area contributed by atoms with Gasteiger partial charge < -0.3 is 10.2 Å². The number of hydrogen-bond donors (Lipinski definition) is 1. The molecule has 4 heteroatoms. The van der Waals surface area contributed by atoms with E-state index < -0.39 is 0 Å². The first-order valence-corrected chi connectivity index (χ1v) is 7.30. The van der Waals surface area contributed by atoms with E-state index in [-0.39, 0.29) is 6.04 Å². The molecular formula is C13H21BrN2O. The second-order valence-electron chi connectivity index (χ2n) is 4.70. The number of halogens is 1. The summed E-state index contributed by atoms with van der Waals surface area (Å²) < 4.78 is 6.45. The predicted octanol–water partition coefficient (Wildman–Crippen LogP) is 3.31. The van der Waals surface area contributed by atoms with E-state index in [1.54, 1.807) is 0 Å². The van der Waals surface area contributed by atoms with E-state index in [1.165, 1.54) is 32.1 Å². The Morgan fingerprint density at radius 1 is 1.18 bits per heavy atom. The lowest BCUT2D eigenvalue weighted by molar-refractivity contribution is 0.163. The molecule has 0 aliphatic carbocycles. The van der Waals surface area contributed by atoms with Gasteiger partial charge in [-0.3, -0.25) is 4.90 Å². The van der Waals surface area contributed by atoms with Crippen LogP contribution >= 0.6 is 15.9 Å². The van der Waals surface area contributed by atoms with E-state index >= 15 is 0 Å². The highest BCUT2D eigenvalue weighted by atomic mass is 79.9. The zero-order valence-corrected chi connectivity index (χ0v) is 11.8. The highest BCUT2D eigenvalue weighted by Gasteiger charge is 2.22. The van der Waals surface area contributed by atoms with Crippen LogP contribution in [0.4, 0.5) is 0 Å². The van der Waals surface area contributed by atoms with Crippen molar-refractivity contribution in [3.05, 3.63) is 22.6 Å².